The fourth-order valence-electron chi connectivity index (χ4n) is 2.58. The van der Waals surface area contributed by atoms with Crippen molar-refractivity contribution >= 4 is 34.1 Å². The molecule has 0 aliphatic heterocycles. The van der Waals surface area contributed by atoms with Crippen LogP contribution in [0.5, 0.6) is 5.75 Å². The number of anilines is 2. The molecule has 1 heterocycles. The van der Waals surface area contributed by atoms with Crippen LogP contribution < -0.4 is 5.32 Å². The smallest absolute Gasteiger partial charge is 0.210 e. The Bertz CT molecular complexity index is 1100. The number of hydrogen-bond donors (Lipinski definition) is 2. The minimum atomic E-state index is 0.213. The molecule has 0 bridgehead atoms. The van der Waals surface area contributed by atoms with Gasteiger partial charge in [-0.2, -0.15) is 0 Å². The van der Waals surface area contributed by atoms with Gasteiger partial charge in [-0.15, -0.1) is 10.2 Å². The second-order valence-corrected chi connectivity index (χ2v) is 7.24. The number of phenols is 1. The highest BCUT2D eigenvalue weighted by atomic mass is 32.1. The molecule has 0 saturated heterocycles. The molecular formula is C22H18N4OS. The summed E-state index contributed by atoms with van der Waals surface area (Å²) in [4.78, 5) is 4.41. The molecule has 0 saturated carbocycles. The fraction of sp³-hybridized carbons (Fsp3) is 0.0455. The van der Waals surface area contributed by atoms with Crippen molar-refractivity contribution in [2.45, 2.75) is 6.92 Å². The lowest BCUT2D eigenvalue weighted by Crippen LogP contribution is -1.88. The highest BCUT2D eigenvalue weighted by molar-refractivity contribution is 7.18. The highest BCUT2D eigenvalue weighted by Crippen LogP contribution is 2.29. The van der Waals surface area contributed by atoms with E-state index in [1.54, 1.807) is 18.3 Å². The maximum Gasteiger partial charge on any atom is 0.210 e. The van der Waals surface area contributed by atoms with Crippen LogP contribution in [0, 0.1) is 6.92 Å². The van der Waals surface area contributed by atoms with Crippen LogP contribution in [-0.4, -0.2) is 21.5 Å². The largest absolute Gasteiger partial charge is 0.507 e. The molecule has 28 heavy (non-hydrogen) atoms. The molecule has 0 aliphatic rings. The number of nitrogens with zero attached hydrogens (tertiary/aromatic N) is 3. The number of benzene rings is 3. The average molecular weight is 386 g/mol. The number of aromatic nitrogens is 2. The van der Waals surface area contributed by atoms with Gasteiger partial charge in [0.25, 0.3) is 0 Å². The van der Waals surface area contributed by atoms with Crippen LogP contribution in [0.3, 0.4) is 0 Å². The Balaban J connectivity index is 1.46. The molecule has 0 fully saturated rings. The fourth-order valence-corrected chi connectivity index (χ4v) is 3.35. The first-order chi connectivity index (χ1) is 13.7. The summed E-state index contributed by atoms with van der Waals surface area (Å²) in [6.07, 6.45) is 1.65. The number of aliphatic imine (C=N–C) groups is 1. The first-order valence-corrected chi connectivity index (χ1v) is 9.59. The highest BCUT2D eigenvalue weighted by Gasteiger charge is 2.07. The van der Waals surface area contributed by atoms with Gasteiger partial charge in [0.2, 0.25) is 5.13 Å². The number of aryl methyl sites for hydroxylation is 1. The monoisotopic (exact) mass is 386 g/mol. The summed E-state index contributed by atoms with van der Waals surface area (Å²) in [7, 11) is 0. The molecule has 0 spiro atoms. The number of nitrogens with one attached hydrogen (secondary N) is 1. The van der Waals surface area contributed by atoms with Gasteiger partial charge in [-0.1, -0.05) is 41.2 Å². The van der Waals surface area contributed by atoms with Gasteiger partial charge in [0.15, 0.2) is 0 Å². The van der Waals surface area contributed by atoms with Crippen LogP contribution in [0.15, 0.2) is 77.8 Å². The van der Waals surface area contributed by atoms with E-state index < -0.39 is 0 Å². The zero-order chi connectivity index (χ0) is 19.3. The van der Waals surface area contributed by atoms with E-state index >= 15 is 0 Å². The Morgan fingerprint density at radius 3 is 2.43 bits per heavy atom. The predicted molar refractivity (Wildman–Crippen MR) is 115 cm³/mol. The van der Waals surface area contributed by atoms with Gasteiger partial charge in [-0.05, 0) is 55.5 Å². The van der Waals surface area contributed by atoms with Crippen molar-refractivity contribution in [3.63, 3.8) is 0 Å². The molecule has 3 aromatic carbocycles. The van der Waals surface area contributed by atoms with Crippen LogP contribution in [-0.2, 0) is 0 Å². The van der Waals surface area contributed by atoms with E-state index in [0.717, 1.165) is 27.1 Å². The lowest BCUT2D eigenvalue weighted by molar-refractivity contribution is 0.474. The van der Waals surface area contributed by atoms with Crippen molar-refractivity contribution in [3.8, 4) is 16.3 Å². The Morgan fingerprint density at radius 1 is 0.929 bits per heavy atom. The number of hydrogen-bond acceptors (Lipinski definition) is 6. The van der Waals surface area contributed by atoms with Gasteiger partial charge in [0.05, 0.1) is 5.69 Å². The minimum absolute atomic E-state index is 0.213. The third-order valence-electron chi connectivity index (χ3n) is 4.13. The molecule has 0 radical (unpaired) electrons. The standard InChI is InChI=1S/C22H18N4OS/c1-15-6-10-19(11-7-15)24-22-26-25-21(28-22)16-8-12-18(13-9-16)23-14-17-4-2-3-5-20(17)27/h2-14,27H,1H3,(H,24,26). The Morgan fingerprint density at radius 2 is 1.68 bits per heavy atom. The van der Waals surface area contributed by atoms with Gasteiger partial charge in [-0.3, -0.25) is 4.99 Å². The van der Waals surface area contributed by atoms with E-state index in [1.807, 2.05) is 48.5 Å². The molecular weight excluding hydrogens is 368 g/mol. The Kier molecular flexibility index (Phi) is 5.12. The summed E-state index contributed by atoms with van der Waals surface area (Å²) in [5.41, 5.74) is 4.67. The second-order valence-electron chi connectivity index (χ2n) is 6.27. The van der Waals surface area contributed by atoms with E-state index in [1.165, 1.54) is 16.9 Å². The molecule has 1 aromatic heterocycles. The lowest BCUT2D eigenvalue weighted by Gasteiger charge is -2.01. The molecule has 0 unspecified atom stereocenters. The van der Waals surface area contributed by atoms with Crippen molar-refractivity contribution in [1.82, 2.24) is 10.2 Å². The van der Waals surface area contributed by atoms with Crippen molar-refractivity contribution in [2.24, 2.45) is 4.99 Å². The van der Waals surface area contributed by atoms with Crippen molar-refractivity contribution in [2.75, 3.05) is 5.32 Å². The van der Waals surface area contributed by atoms with Crippen molar-refractivity contribution in [1.29, 1.82) is 0 Å². The zero-order valence-corrected chi connectivity index (χ0v) is 16.0. The quantitative estimate of drug-likeness (QED) is 0.431. The van der Waals surface area contributed by atoms with Crippen molar-refractivity contribution < 1.29 is 5.11 Å². The molecule has 2 N–H and O–H groups in total. The van der Waals surface area contributed by atoms with Gasteiger partial charge in [-0.25, -0.2) is 0 Å². The molecule has 0 atom stereocenters. The summed E-state index contributed by atoms with van der Waals surface area (Å²) < 4.78 is 0. The van der Waals surface area contributed by atoms with Crippen molar-refractivity contribution in [3.05, 3.63) is 83.9 Å². The lowest BCUT2D eigenvalue weighted by atomic mass is 10.2. The summed E-state index contributed by atoms with van der Waals surface area (Å²) in [5.74, 6) is 0.213. The summed E-state index contributed by atoms with van der Waals surface area (Å²) >= 11 is 1.50. The van der Waals surface area contributed by atoms with E-state index in [0.29, 0.717) is 5.56 Å². The third-order valence-corrected chi connectivity index (χ3v) is 5.02. The summed E-state index contributed by atoms with van der Waals surface area (Å²) in [5, 5.41) is 23.1. The maximum absolute atomic E-state index is 9.79. The SMILES string of the molecule is Cc1ccc(Nc2nnc(-c3ccc(N=Cc4ccccc4O)cc3)s2)cc1. The maximum atomic E-state index is 9.79. The van der Waals surface area contributed by atoms with Gasteiger partial charge in [0, 0.05) is 23.0 Å². The third kappa shape index (κ3) is 4.24. The number of rotatable bonds is 5. The number of aromatic hydroxyl groups is 1. The second kappa shape index (κ2) is 8.02. The van der Waals surface area contributed by atoms with Crippen LogP contribution in [0.1, 0.15) is 11.1 Å². The van der Waals surface area contributed by atoms with Crippen LogP contribution in [0.4, 0.5) is 16.5 Å². The van der Waals surface area contributed by atoms with Crippen LogP contribution in [0.2, 0.25) is 0 Å². The Hall–Kier alpha value is -3.51. The normalized spacial score (nSPS) is 11.0. The van der Waals surface area contributed by atoms with E-state index in [-0.39, 0.29) is 5.75 Å². The Labute approximate surface area is 167 Å². The topological polar surface area (TPSA) is 70.4 Å². The first kappa shape index (κ1) is 17.9. The molecule has 0 amide bonds. The number of para-hydroxylation sites is 1. The molecule has 4 rings (SSSR count). The molecule has 5 nitrogen and oxygen atoms in total. The average Bonchev–Trinajstić information content (AvgIpc) is 3.18. The molecule has 138 valence electrons. The molecule has 0 aliphatic carbocycles. The molecule has 6 heteroatoms. The van der Waals surface area contributed by atoms with E-state index in [9.17, 15) is 5.11 Å². The van der Waals surface area contributed by atoms with E-state index in [2.05, 4.69) is 39.6 Å². The first-order valence-electron chi connectivity index (χ1n) is 8.77. The summed E-state index contributed by atoms with van der Waals surface area (Å²) in [6.45, 7) is 2.06. The number of phenolic OH excluding ortho intramolecular Hbond substituents is 1. The van der Waals surface area contributed by atoms with Gasteiger partial charge in [0.1, 0.15) is 10.8 Å². The van der Waals surface area contributed by atoms with E-state index in [4.69, 9.17) is 0 Å². The predicted octanol–water partition coefficient (Wildman–Crippen LogP) is 5.71. The zero-order valence-electron chi connectivity index (χ0n) is 15.2. The van der Waals surface area contributed by atoms with Crippen LogP contribution >= 0.6 is 11.3 Å². The summed E-state index contributed by atoms with van der Waals surface area (Å²) in [6, 6.07) is 23.0. The van der Waals surface area contributed by atoms with Gasteiger partial charge < -0.3 is 10.4 Å². The minimum Gasteiger partial charge on any atom is -0.507 e. The van der Waals surface area contributed by atoms with Crippen LogP contribution in [0.25, 0.3) is 10.6 Å². The van der Waals surface area contributed by atoms with Gasteiger partial charge >= 0.3 is 0 Å². The molecule has 4 aromatic rings.